The predicted octanol–water partition coefficient (Wildman–Crippen LogP) is 0.858. The Bertz CT molecular complexity index is 1180. The molecule has 0 aliphatic carbocycles. The Morgan fingerprint density at radius 3 is 2.32 bits per heavy atom. The molecule has 4 rings (SSSR count). The summed E-state index contributed by atoms with van der Waals surface area (Å²) in [5.41, 5.74) is 12.5. The van der Waals surface area contributed by atoms with Gasteiger partial charge in [0.2, 0.25) is 5.91 Å². The normalized spacial score (nSPS) is 20.9. The van der Waals surface area contributed by atoms with E-state index >= 15 is 0 Å². The molecule has 2 saturated heterocycles. The average molecular weight is 525 g/mol. The van der Waals surface area contributed by atoms with Gasteiger partial charge in [0.05, 0.1) is 11.2 Å². The number of piperazine rings is 1. The minimum Gasteiger partial charge on any atom is -0.338 e. The van der Waals surface area contributed by atoms with E-state index < -0.39 is 11.2 Å². The number of nitrogens with two attached hydrogens (primary N) is 2. The fourth-order valence-electron chi connectivity index (χ4n) is 4.94. The molecule has 3 heterocycles. The Morgan fingerprint density at radius 1 is 1.05 bits per heavy atom. The monoisotopic (exact) mass is 524 g/mol. The Balaban J connectivity index is 1.29. The van der Waals surface area contributed by atoms with Crippen LogP contribution < -0.4 is 22.5 Å². The molecule has 0 spiro atoms. The lowest BCUT2D eigenvalue weighted by atomic mass is 9.94. The first-order valence-electron chi connectivity index (χ1n) is 13.3. The van der Waals surface area contributed by atoms with E-state index in [4.69, 9.17) is 11.5 Å². The van der Waals surface area contributed by atoms with Crippen LogP contribution in [0.4, 0.5) is 10.6 Å². The van der Waals surface area contributed by atoms with Gasteiger partial charge in [0, 0.05) is 51.5 Å². The lowest BCUT2D eigenvalue weighted by molar-refractivity contribution is -0.137. The molecule has 1 aromatic heterocycles. The fourth-order valence-corrected chi connectivity index (χ4v) is 4.94. The van der Waals surface area contributed by atoms with Gasteiger partial charge in [-0.1, -0.05) is 19.1 Å². The number of likely N-dealkylation sites (tertiary alicyclic amines) is 1. The summed E-state index contributed by atoms with van der Waals surface area (Å²) in [4.78, 5) is 47.5. The Labute approximate surface area is 223 Å². The molecule has 1 unspecified atom stereocenters. The van der Waals surface area contributed by atoms with E-state index in [1.165, 1.54) is 10.1 Å². The molecule has 38 heavy (non-hydrogen) atoms. The molecule has 206 valence electrons. The molecule has 2 fully saturated rings. The minimum atomic E-state index is -0.945. The van der Waals surface area contributed by atoms with Gasteiger partial charge >= 0.3 is 11.7 Å². The predicted molar refractivity (Wildman–Crippen MR) is 147 cm³/mol. The van der Waals surface area contributed by atoms with Gasteiger partial charge in [0.1, 0.15) is 5.82 Å². The van der Waals surface area contributed by atoms with Crippen molar-refractivity contribution >= 4 is 17.8 Å². The molecule has 11 nitrogen and oxygen atoms in total. The van der Waals surface area contributed by atoms with Crippen molar-refractivity contribution in [1.82, 2.24) is 24.3 Å². The molecule has 11 heteroatoms. The standard InChI is InChI=1S/C27H40N8O3/c1-19-18-32(12-9-22(19)28)11-8-20-4-6-21(7-5-20)35-13-10-23(31-26(35)38)30-25(37)34-16-14-33(15-17-34)24(36)27(2,3)29/h4-7,10,13,19,22H,8-9,11-12,14-18,28-29H2,1-3H3,(H,30,31,37,38)/t19?,22-/m1/s1. The molecular formula is C27H40N8O3. The first-order chi connectivity index (χ1) is 18.0. The minimum absolute atomic E-state index is 0.141. The van der Waals surface area contributed by atoms with Crippen LogP contribution in [-0.4, -0.2) is 93.6 Å². The van der Waals surface area contributed by atoms with Crippen molar-refractivity contribution < 1.29 is 9.59 Å². The summed E-state index contributed by atoms with van der Waals surface area (Å²) < 4.78 is 1.45. The van der Waals surface area contributed by atoms with Crippen LogP contribution in [-0.2, 0) is 11.2 Å². The third-order valence-electron chi connectivity index (χ3n) is 7.43. The van der Waals surface area contributed by atoms with Crippen molar-refractivity contribution in [2.45, 2.75) is 45.2 Å². The van der Waals surface area contributed by atoms with Crippen LogP contribution in [0.5, 0.6) is 0 Å². The van der Waals surface area contributed by atoms with Crippen LogP contribution in [0, 0.1) is 5.92 Å². The highest BCUT2D eigenvalue weighted by Crippen LogP contribution is 2.16. The second-order valence-corrected chi connectivity index (χ2v) is 11.0. The maximum Gasteiger partial charge on any atom is 0.354 e. The quantitative estimate of drug-likeness (QED) is 0.509. The Morgan fingerprint density at radius 2 is 1.71 bits per heavy atom. The number of amides is 3. The van der Waals surface area contributed by atoms with Crippen LogP contribution in [0.2, 0.25) is 0 Å². The molecule has 0 saturated carbocycles. The molecule has 2 atom stereocenters. The lowest BCUT2D eigenvalue weighted by Gasteiger charge is -2.37. The van der Waals surface area contributed by atoms with Crippen LogP contribution in [0.1, 0.15) is 32.8 Å². The molecule has 3 amide bonds. The molecule has 2 aliphatic rings. The zero-order chi connectivity index (χ0) is 27.4. The van der Waals surface area contributed by atoms with E-state index in [-0.39, 0.29) is 17.8 Å². The number of piperidine rings is 1. The van der Waals surface area contributed by atoms with Crippen LogP contribution in [0.3, 0.4) is 0 Å². The summed E-state index contributed by atoms with van der Waals surface area (Å²) in [5, 5.41) is 2.69. The molecule has 5 N–H and O–H groups in total. The average Bonchev–Trinajstić information content (AvgIpc) is 2.89. The van der Waals surface area contributed by atoms with E-state index in [0.717, 1.165) is 32.5 Å². The number of carbonyl (C=O) groups excluding carboxylic acids is 2. The molecule has 2 aromatic rings. The number of aromatic nitrogens is 2. The molecule has 2 aliphatic heterocycles. The number of nitrogens with zero attached hydrogens (tertiary/aromatic N) is 5. The van der Waals surface area contributed by atoms with Crippen molar-refractivity contribution in [3.05, 3.63) is 52.6 Å². The van der Waals surface area contributed by atoms with Gasteiger partial charge in [-0.2, -0.15) is 4.98 Å². The summed E-state index contributed by atoms with van der Waals surface area (Å²) >= 11 is 0. The topological polar surface area (TPSA) is 143 Å². The zero-order valence-corrected chi connectivity index (χ0v) is 22.6. The molecule has 1 aromatic carbocycles. The Hall–Kier alpha value is -3.28. The molecule has 0 bridgehead atoms. The third-order valence-corrected chi connectivity index (χ3v) is 7.43. The van der Waals surface area contributed by atoms with Gasteiger partial charge in [-0.3, -0.25) is 14.7 Å². The van der Waals surface area contributed by atoms with E-state index in [9.17, 15) is 14.4 Å². The number of nitrogens with one attached hydrogen (secondary N) is 1. The van der Waals surface area contributed by atoms with E-state index in [1.807, 2.05) is 24.3 Å². The number of hydrogen-bond acceptors (Lipinski definition) is 7. The maximum absolute atomic E-state index is 12.7. The van der Waals surface area contributed by atoms with Crippen molar-refractivity contribution in [2.75, 3.05) is 51.1 Å². The summed E-state index contributed by atoms with van der Waals surface area (Å²) in [6.45, 7) is 10.2. The van der Waals surface area contributed by atoms with Gasteiger partial charge in [-0.05, 0) is 62.9 Å². The van der Waals surface area contributed by atoms with Crippen molar-refractivity contribution in [3.63, 3.8) is 0 Å². The first kappa shape index (κ1) is 27.7. The highest BCUT2D eigenvalue weighted by atomic mass is 16.2. The van der Waals surface area contributed by atoms with E-state index in [0.29, 0.717) is 43.8 Å². The van der Waals surface area contributed by atoms with Crippen LogP contribution in [0.25, 0.3) is 5.69 Å². The van der Waals surface area contributed by atoms with E-state index in [2.05, 4.69) is 22.1 Å². The number of urea groups is 1. The number of hydrogen-bond donors (Lipinski definition) is 3. The largest absolute Gasteiger partial charge is 0.354 e. The van der Waals surface area contributed by atoms with Crippen molar-refractivity contribution in [2.24, 2.45) is 17.4 Å². The summed E-state index contributed by atoms with van der Waals surface area (Å²) in [6, 6.07) is 9.44. The van der Waals surface area contributed by atoms with Crippen molar-refractivity contribution in [1.29, 1.82) is 0 Å². The summed E-state index contributed by atoms with van der Waals surface area (Å²) in [5.74, 6) is 0.561. The lowest BCUT2D eigenvalue weighted by Crippen LogP contribution is -2.58. The van der Waals surface area contributed by atoms with Gasteiger partial charge in [-0.15, -0.1) is 0 Å². The molecule has 0 radical (unpaired) electrons. The second kappa shape index (κ2) is 11.6. The number of anilines is 1. The maximum atomic E-state index is 12.7. The SMILES string of the molecule is CC1CN(CCc2ccc(-n3ccc(NC(=O)N4CCN(C(=O)C(C)(C)N)CC4)nc3=O)cc2)CC[C@H]1N. The highest BCUT2D eigenvalue weighted by Gasteiger charge is 2.31. The van der Waals surface area contributed by atoms with Gasteiger partial charge < -0.3 is 26.2 Å². The number of carbonyl (C=O) groups is 2. The van der Waals surface area contributed by atoms with Gasteiger partial charge in [0.25, 0.3) is 0 Å². The Kier molecular flexibility index (Phi) is 8.49. The van der Waals surface area contributed by atoms with E-state index in [1.54, 1.807) is 35.9 Å². The third kappa shape index (κ3) is 6.77. The summed E-state index contributed by atoms with van der Waals surface area (Å²) in [6.07, 6.45) is 3.59. The van der Waals surface area contributed by atoms with Crippen LogP contribution >= 0.6 is 0 Å². The highest BCUT2D eigenvalue weighted by molar-refractivity contribution is 5.89. The molecular weight excluding hydrogens is 484 g/mol. The first-order valence-corrected chi connectivity index (χ1v) is 13.3. The summed E-state index contributed by atoms with van der Waals surface area (Å²) in [7, 11) is 0. The van der Waals surface area contributed by atoms with Gasteiger partial charge in [-0.25, -0.2) is 9.59 Å². The number of benzene rings is 1. The smallest absolute Gasteiger partial charge is 0.338 e. The van der Waals surface area contributed by atoms with Crippen molar-refractivity contribution in [3.8, 4) is 5.69 Å². The number of rotatable bonds is 6. The second-order valence-electron chi connectivity index (χ2n) is 11.0. The van der Waals surface area contributed by atoms with Crippen LogP contribution in [0.15, 0.2) is 41.3 Å². The fraction of sp³-hybridized carbons (Fsp3) is 0.556. The zero-order valence-electron chi connectivity index (χ0n) is 22.6. The van der Waals surface area contributed by atoms with Gasteiger partial charge in [0.15, 0.2) is 0 Å².